The van der Waals surface area contributed by atoms with E-state index < -0.39 is 12.5 Å². The maximum atomic E-state index is 12.3. The number of aromatic hydroxyl groups is 1. The van der Waals surface area contributed by atoms with Gasteiger partial charge in [-0.15, -0.1) is 0 Å². The molecule has 0 bridgehead atoms. The van der Waals surface area contributed by atoms with Crippen LogP contribution in [-0.2, 0) is 9.59 Å². The van der Waals surface area contributed by atoms with Gasteiger partial charge in [0, 0.05) is 23.7 Å². The number of nitrogens with zero attached hydrogens (tertiary/aromatic N) is 2. The predicted molar refractivity (Wildman–Crippen MR) is 93.5 cm³/mol. The lowest BCUT2D eigenvalue weighted by molar-refractivity contribution is -0.147. The van der Waals surface area contributed by atoms with E-state index in [4.69, 9.17) is 28.3 Å². The van der Waals surface area contributed by atoms with Crippen molar-refractivity contribution >= 4 is 35.0 Å². The Labute approximate surface area is 155 Å². The maximum absolute atomic E-state index is 12.3. The Balaban J connectivity index is 2.01. The number of carbonyl (C=O) groups excluding carboxylic acids is 2. The van der Waals surface area contributed by atoms with Gasteiger partial charge in [0.05, 0.1) is 16.1 Å². The highest BCUT2D eigenvalue weighted by molar-refractivity contribution is 6.42. The van der Waals surface area contributed by atoms with E-state index in [1.807, 2.05) is 6.08 Å². The van der Waals surface area contributed by atoms with Crippen LogP contribution in [0.25, 0.3) is 0 Å². The van der Waals surface area contributed by atoms with Crippen molar-refractivity contribution in [3.63, 3.8) is 0 Å². The number of phenolic OH excluding ortho intramolecular Hbond substituents is 1. The molecule has 0 aromatic heterocycles. The number of halogens is 2. The molecule has 134 valence electrons. The first kappa shape index (κ1) is 18.0. The minimum absolute atomic E-state index is 0.0442. The average molecular weight is 385 g/mol. The quantitative estimate of drug-likeness (QED) is 0.817. The Morgan fingerprint density at radius 1 is 1.36 bits per heavy atom. The van der Waals surface area contributed by atoms with Crippen LogP contribution >= 0.6 is 23.2 Å². The number of amides is 2. The van der Waals surface area contributed by atoms with Gasteiger partial charge >= 0.3 is 0 Å². The summed E-state index contributed by atoms with van der Waals surface area (Å²) in [5, 5.41) is 20.0. The van der Waals surface area contributed by atoms with E-state index in [0.717, 1.165) is 0 Å². The van der Waals surface area contributed by atoms with E-state index in [1.165, 1.54) is 17.0 Å². The topological polar surface area (TPSA) is 81.1 Å². The lowest BCUT2D eigenvalue weighted by Crippen LogP contribution is -2.57. The van der Waals surface area contributed by atoms with Gasteiger partial charge in [0.2, 0.25) is 11.8 Å². The van der Waals surface area contributed by atoms with Gasteiger partial charge in [-0.05, 0) is 25.5 Å². The minimum atomic E-state index is -0.644. The highest BCUT2D eigenvalue weighted by Crippen LogP contribution is 2.42. The van der Waals surface area contributed by atoms with Crippen LogP contribution in [0.3, 0.4) is 0 Å². The summed E-state index contributed by atoms with van der Waals surface area (Å²) in [6.45, 7) is 1.57. The Hall–Kier alpha value is -1.76. The molecule has 8 heteroatoms. The number of carbonyl (C=O) groups is 2. The number of hydrogen-bond donors (Lipinski definition) is 2. The molecule has 2 aliphatic rings. The zero-order valence-electron chi connectivity index (χ0n) is 13.6. The fraction of sp³-hybridized carbons (Fsp3) is 0.412. The monoisotopic (exact) mass is 384 g/mol. The van der Waals surface area contributed by atoms with Gasteiger partial charge in [0.1, 0.15) is 18.9 Å². The van der Waals surface area contributed by atoms with Crippen LogP contribution in [0.5, 0.6) is 5.75 Å². The molecule has 1 fully saturated rings. The van der Waals surface area contributed by atoms with Crippen LogP contribution in [0.15, 0.2) is 23.9 Å². The largest absolute Gasteiger partial charge is 0.508 e. The summed E-state index contributed by atoms with van der Waals surface area (Å²) in [6, 6.07) is 2.66. The van der Waals surface area contributed by atoms with Gasteiger partial charge in [-0.2, -0.15) is 0 Å². The van der Waals surface area contributed by atoms with Crippen molar-refractivity contribution in [3.05, 3.63) is 39.5 Å². The second kappa shape index (κ2) is 6.86. The van der Waals surface area contributed by atoms with E-state index in [9.17, 15) is 14.7 Å². The van der Waals surface area contributed by atoms with Crippen LogP contribution in [0.4, 0.5) is 0 Å². The zero-order chi connectivity index (χ0) is 18.3. The number of rotatable bonds is 2. The first-order valence-corrected chi connectivity index (χ1v) is 8.70. The number of benzene rings is 1. The number of hydrogen-bond acceptors (Lipinski definition) is 4. The maximum Gasteiger partial charge on any atom is 0.249 e. The molecule has 0 saturated carbocycles. The van der Waals surface area contributed by atoms with Crippen molar-refractivity contribution in [3.8, 4) is 5.75 Å². The highest BCUT2D eigenvalue weighted by atomic mass is 35.5. The third-order valence-electron chi connectivity index (χ3n) is 4.79. The minimum Gasteiger partial charge on any atom is -0.508 e. The Kier molecular flexibility index (Phi) is 4.95. The Morgan fingerprint density at radius 2 is 2.08 bits per heavy atom. The molecule has 25 heavy (non-hydrogen) atoms. The SMILES string of the molecule is CC1C2=C[C@H](c3c(O)ccc(Cl)c3Cl)CCN2C(=O)CN1C(=O)CO. The van der Waals surface area contributed by atoms with Gasteiger partial charge in [-0.1, -0.05) is 29.3 Å². The standard InChI is InChI=1S/C17H18Cl2N2O4/c1-9-12-6-10(16-13(23)3-2-11(18)17(16)19)4-5-20(12)14(24)7-21(9)15(25)8-22/h2-3,6,9-10,22-23H,4-5,7-8H2,1H3/t9?,10-/m1/s1. The first-order valence-electron chi connectivity index (χ1n) is 7.94. The number of aliphatic hydroxyl groups excluding tert-OH is 1. The summed E-state index contributed by atoms with van der Waals surface area (Å²) in [5.41, 5.74) is 1.19. The number of allylic oxidation sites excluding steroid dienone is 1. The molecule has 1 aromatic carbocycles. The van der Waals surface area contributed by atoms with Crippen LogP contribution in [0.1, 0.15) is 24.8 Å². The lowest BCUT2D eigenvalue weighted by atomic mass is 9.88. The molecule has 1 aromatic rings. The van der Waals surface area contributed by atoms with Gasteiger partial charge in [-0.3, -0.25) is 9.59 Å². The van der Waals surface area contributed by atoms with Crippen molar-refractivity contribution in [2.24, 2.45) is 0 Å². The molecule has 1 unspecified atom stereocenters. The number of aliphatic hydroxyl groups is 1. The summed E-state index contributed by atoms with van der Waals surface area (Å²) < 4.78 is 0. The number of fused-ring (bicyclic) bond motifs is 1. The molecule has 0 aliphatic carbocycles. The summed E-state index contributed by atoms with van der Waals surface area (Å²) in [4.78, 5) is 27.3. The molecule has 2 amide bonds. The summed E-state index contributed by atoms with van der Waals surface area (Å²) in [7, 11) is 0. The lowest BCUT2D eigenvalue weighted by Gasteiger charge is -2.44. The molecular weight excluding hydrogens is 367 g/mol. The van der Waals surface area contributed by atoms with Crippen molar-refractivity contribution < 1.29 is 19.8 Å². The molecule has 0 spiro atoms. The Bertz CT molecular complexity index is 765. The Morgan fingerprint density at radius 3 is 2.76 bits per heavy atom. The molecule has 2 atom stereocenters. The fourth-order valence-electron chi connectivity index (χ4n) is 3.47. The van der Waals surface area contributed by atoms with E-state index in [2.05, 4.69) is 0 Å². The van der Waals surface area contributed by atoms with Crippen molar-refractivity contribution in [1.29, 1.82) is 0 Å². The smallest absolute Gasteiger partial charge is 0.249 e. The van der Waals surface area contributed by atoms with Crippen LogP contribution in [-0.4, -0.2) is 57.6 Å². The fourth-order valence-corrected chi connectivity index (χ4v) is 3.93. The van der Waals surface area contributed by atoms with E-state index in [0.29, 0.717) is 29.2 Å². The van der Waals surface area contributed by atoms with Gasteiger partial charge in [0.15, 0.2) is 0 Å². The van der Waals surface area contributed by atoms with Crippen LogP contribution in [0, 0.1) is 0 Å². The molecule has 2 N–H and O–H groups in total. The zero-order valence-corrected chi connectivity index (χ0v) is 15.1. The van der Waals surface area contributed by atoms with Crippen molar-refractivity contribution in [2.45, 2.75) is 25.3 Å². The van der Waals surface area contributed by atoms with E-state index >= 15 is 0 Å². The highest BCUT2D eigenvalue weighted by Gasteiger charge is 2.39. The second-order valence-electron chi connectivity index (χ2n) is 6.18. The predicted octanol–water partition coefficient (Wildman–Crippen LogP) is 2.12. The van der Waals surface area contributed by atoms with Crippen molar-refractivity contribution in [1.82, 2.24) is 9.80 Å². The molecule has 2 aliphatic heterocycles. The van der Waals surface area contributed by atoms with Crippen LogP contribution in [0.2, 0.25) is 10.0 Å². The normalized spacial score (nSPS) is 23.4. The third-order valence-corrected chi connectivity index (χ3v) is 5.60. The molecule has 2 heterocycles. The van der Waals surface area contributed by atoms with E-state index in [-0.39, 0.29) is 35.2 Å². The van der Waals surface area contributed by atoms with Gasteiger partial charge in [0.25, 0.3) is 0 Å². The van der Waals surface area contributed by atoms with Gasteiger partial charge < -0.3 is 20.0 Å². The molecule has 3 rings (SSSR count). The molecular formula is C17H18Cl2N2O4. The van der Waals surface area contributed by atoms with Gasteiger partial charge in [-0.25, -0.2) is 0 Å². The molecule has 1 saturated heterocycles. The third kappa shape index (κ3) is 3.10. The average Bonchev–Trinajstić information content (AvgIpc) is 2.61. The first-order chi connectivity index (χ1) is 11.8. The van der Waals surface area contributed by atoms with Crippen molar-refractivity contribution in [2.75, 3.05) is 19.7 Å². The number of phenols is 1. The second-order valence-corrected chi connectivity index (χ2v) is 6.97. The molecule has 0 radical (unpaired) electrons. The summed E-state index contributed by atoms with van der Waals surface area (Å²) in [6.07, 6.45) is 2.43. The van der Waals surface area contributed by atoms with E-state index in [1.54, 1.807) is 11.8 Å². The summed E-state index contributed by atoms with van der Waals surface area (Å²) >= 11 is 12.3. The number of piperazine rings is 1. The molecule has 6 nitrogen and oxygen atoms in total. The van der Waals surface area contributed by atoms with Crippen LogP contribution < -0.4 is 0 Å². The summed E-state index contributed by atoms with van der Waals surface area (Å²) in [5.74, 6) is -0.863.